The molecule has 0 saturated carbocycles. The first-order valence-corrected chi connectivity index (χ1v) is 6.57. The van der Waals surface area contributed by atoms with Crippen LogP contribution in [0, 0.1) is 0 Å². The minimum atomic E-state index is 0.375. The minimum absolute atomic E-state index is 0.375. The fraction of sp³-hybridized carbons (Fsp3) is 0.0769. The predicted octanol–water partition coefficient (Wildman–Crippen LogP) is 3.87. The number of benzene rings is 1. The normalized spacial score (nSPS) is 10.8. The average Bonchev–Trinajstić information content (AvgIpc) is 2.85. The molecule has 0 saturated heterocycles. The number of aromatic nitrogens is 3. The summed E-state index contributed by atoms with van der Waals surface area (Å²) in [5.74, 6) is 1.55. The Morgan fingerprint density at radius 2 is 1.95 bits per heavy atom. The molecule has 0 radical (unpaired) electrons. The Morgan fingerprint density at radius 1 is 1.20 bits per heavy atom. The maximum Gasteiger partial charge on any atom is 0.265 e. The van der Waals surface area contributed by atoms with Gasteiger partial charge in [0.15, 0.2) is 0 Å². The number of rotatable bonds is 3. The number of hydrogen-bond acceptors (Lipinski definition) is 4. The van der Waals surface area contributed by atoms with Gasteiger partial charge in [-0.25, -0.2) is 4.98 Å². The van der Waals surface area contributed by atoms with E-state index in [1.54, 1.807) is 31.4 Å². The summed E-state index contributed by atoms with van der Waals surface area (Å²) in [5, 5.41) is 3.96. The van der Waals surface area contributed by atoms with Gasteiger partial charge in [0.05, 0.1) is 6.20 Å². The molecule has 7 heteroatoms. The van der Waals surface area contributed by atoms with E-state index in [4.69, 9.17) is 27.9 Å². The molecule has 1 N–H and O–H groups in total. The molecular formula is C13H10Cl2N4O. The average molecular weight is 309 g/mol. The van der Waals surface area contributed by atoms with E-state index in [0.717, 1.165) is 0 Å². The minimum Gasteiger partial charge on any atom is -0.436 e. The van der Waals surface area contributed by atoms with Gasteiger partial charge in [-0.15, -0.1) is 0 Å². The van der Waals surface area contributed by atoms with E-state index in [1.807, 2.05) is 16.8 Å². The maximum absolute atomic E-state index is 5.95. The van der Waals surface area contributed by atoms with Crippen molar-refractivity contribution in [1.82, 2.24) is 14.4 Å². The molecular weight excluding hydrogens is 299 g/mol. The fourth-order valence-electron chi connectivity index (χ4n) is 1.79. The largest absolute Gasteiger partial charge is 0.436 e. The number of anilines is 1. The molecule has 2 heterocycles. The molecule has 5 nitrogen and oxygen atoms in total. The third kappa shape index (κ3) is 2.50. The summed E-state index contributed by atoms with van der Waals surface area (Å²) >= 11 is 11.9. The van der Waals surface area contributed by atoms with Crippen LogP contribution >= 0.6 is 23.2 Å². The molecule has 0 aliphatic heterocycles. The monoisotopic (exact) mass is 308 g/mol. The molecule has 0 atom stereocenters. The number of nitrogens with one attached hydrogen (secondary N) is 1. The van der Waals surface area contributed by atoms with Crippen LogP contribution in [0.25, 0.3) is 5.65 Å². The van der Waals surface area contributed by atoms with Crippen molar-refractivity contribution in [3.05, 3.63) is 46.8 Å². The van der Waals surface area contributed by atoms with Crippen molar-refractivity contribution >= 4 is 34.7 Å². The van der Waals surface area contributed by atoms with Crippen molar-refractivity contribution < 1.29 is 4.74 Å². The highest BCUT2D eigenvalue weighted by atomic mass is 35.5. The number of fused-ring (bicyclic) bond motifs is 1. The molecule has 0 fully saturated rings. The maximum atomic E-state index is 5.95. The highest BCUT2D eigenvalue weighted by molar-refractivity contribution is 6.34. The van der Waals surface area contributed by atoms with E-state index >= 15 is 0 Å². The van der Waals surface area contributed by atoms with Gasteiger partial charge in [0, 0.05) is 29.5 Å². The van der Waals surface area contributed by atoms with Gasteiger partial charge in [0.25, 0.3) is 5.88 Å². The van der Waals surface area contributed by atoms with E-state index in [-0.39, 0.29) is 0 Å². The van der Waals surface area contributed by atoms with Crippen LogP contribution < -0.4 is 10.1 Å². The van der Waals surface area contributed by atoms with Gasteiger partial charge in [0.2, 0.25) is 5.65 Å². The Hall–Kier alpha value is -1.98. The fourth-order valence-corrected chi connectivity index (χ4v) is 2.30. The lowest BCUT2D eigenvalue weighted by molar-refractivity contribution is 0.466. The van der Waals surface area contributed by atoms with Crippen LogP contribution in [0.5, 0.6) is 11.6 Å². The Morgan fingerprint density at radius 3 is 2.65 bits per heavy atom. The summed E-state index contributed by atoms with van der Waals surface area (Å²) in [6, 6.07) is 4.97. The molecule has 3 aromatic rings. The van der Waals surface area contributed by atoms with Crippen LogP contribution in [0.3, 0.4) is 0 Å². The van der Waals surface area contributed by atoms with Crippen molar-refractivity contribution in [2.75, 3.05) is 12.4 Å². The first-order valence-electron chi connectivity index (χ1n) is 5.81. The Balaban J connectivity index is 2.07. The highest BCUT2D eigenvalue weighted by Crippen LogP contribution is 2.29. The number of nitrogens with zero attached hydrogens (tertiary/aromatic N) is 3. The van der Waals surface area contributed by atoms with Crippen molar-refractivity contribution in [2.24, 2.45) is 0 Å². The molecule has 0 amide bonds. The van der Waals surface area contributed by atoms with Gasteiger partial charge in [-0.2, -0.15) is 4.98 Å². The third-order valence-electron chi connectivity index (χ3n) is 2.65. The lowest BCUT2D eigenvalue weighted by Gasteiger charge is -2.09. The Bertz CT molecular complexity index is 752. The van der Waals surface area contributed by atoms with E-state index < -0.39 is 0 Å². The lowest BCUT2D eigenvalue weighted by atomic mass is 10.3. The van der Waals surface area contributed by atoms with Gasteiger partial charge >= 0.3 is 0 Å². The number of ether oxygens (including phenoxy) is 1. The smallest absolute Gasteiger partial charge is 0.265 e. The van der Waals surface area contributed by atoms with Crippen LogP contribution in [-0.4, -0.2) is 21.4 Å². The van der Waals surface area contributed by atoms with E-state index in [2.05, 4.69) is 15.3 Å². The summed E-state index contributed by atoms with van der Waals surface area (Å²) in [5.41, 5.74) is 0.611. The summed E-state index contributed by atoms with van der Waals surface area (Å²) < 4.78 is 7.57. The quantitative estimate of drug-likeness (QED) is 0.798. The van der Waals surface area contributed by atoms with Crippen LogP contribution in [-0.2, 0) is 0 Å². The van der Waals surface area contributed by atoms with Crippen molar-refractivity contribution in [1.29, 1.82) is 0 Å². The molecule has 0 spiro atoms. The summed E-state index contributed by atoms with van der Waals surface area (Å²) in [6.45, 7) is 0. The molecule has 102 valence electrons. The molecule has 0 unspecified atom stereocenters. The Labute approximate surface area is 125 Å². The molecule has 1 aromatic carbocycles. The zero-order valence-corrected chi connectivity index (χ0v) is 12.0. The van der Waals surface area contributed by atoms with Gasteiger partial charge < -0.3 is 10.1 Å². The van der Waals surface area contributed by atoms with Crippen LogP contribution in [0.1, 0.15) is 0 Å². The molecule has 0 bridgehead atoms. The van der Waals surface area contributed by atoms with E-state index in [1.165, 1.54) is 0 Å². The molecule has 20 heavy (non-hydrogen) atoms. The van der Waals surface area contributed by atoms with Gasteiger partial charge in [-0.3, -0.25) is 4.40 Å². The summed E-state index contributed by atoms with van der Waals surface area (Å²) in [7, 11) is 1.78. The van der Waals surface area contributed by atoms with Crippen molar-refractivity contribution in [2.45, 2.75) is 0 Å². The zero-order chi connectivity index (χ0) is 14.1. The van der Waals surface area contributed by atoms with Gasteiger partial charge in [-0.05, 0) is 18.2 Å². The zero-order valence-electron chi connectivity index (χ0n) is 10.5. The van der Waals surface area contributed by atoms with E-state index in [9.17, 15) is 0 Å². The van der Waals surface area contributed by atoms with Crippen LogP contribution in [0.2, 0.25) is 10.0 Å². The lowest BCUT2D eigenvalue weighted by Crippen LogP contribution is -1.99. The predicted molar refractivity (Wildman–Crippen MR) is 79.1 cm³/mol. The third-order valence-corrected chi connectivity index (χ3v) is 3.09. The Kier molecular flexibility index (Phi) is 3.38. The first kappa shape index (κ1) is 13.0. The summed E-state index contributed by atoms with van der Waals surface area (Å²) in [4.78, 5) is 8.56. The first-order chi connectivity index (χ1) is 9.65. The standard InChI is InChI=1S/C13H10Cl2N4O/c1-16-11-7-19-3-2-17-12(19)13(18-11)20-10-5-8(14)4-9(15)6-10/h2-7,16H,1H3. The second kappa shape index (κ2) is 5.19. The van der Waals surface area contributed by atoms with E-state index in [0.29, 0.717) is 33.1 Å². The van der Waals surface area contributed by atoms with Gasteiger partial charge in [0.1, 0.15) is 11.6 Å². The molecule has 3 rings (SSSR count). The SMILES string of the molecule is CNc1cn2ccnc2c(Oc2cc(Cl)cc(Cl)c2)n1. The number of imidazole rings is 1. The van der Waals surface area contributed by atoms with Crippen molar-refractivity contribution in [3.63, 3.8) is 0 Å². The number of halogens is 2. The second-order valence-corrected chi connectivity index (χ2v) is 4.92. The molecule has 2 aromatic heterocycles. The second-order valence-electron chi connectivity index (χ2n) is 4.05. The van der Waals surface area contributed by atoms with Crippen LogP contribution in [0.4, 0.5) is 5.82 Å². The number of hydrogen-bond donors (Lipinski definition) is 1. The summed E-state index contributed by atoms with van der Waals surface area (Å²) in [6.07, 6.45) is 5.31. The highest BCUT2D eigenvalue weighted by Gasteiger charge is 2.10. The van der Waals surface area contributed by atoms with Crippen LogP contribution in [0.15, 0.2) is 36.8 Å². The van der Waals surface area contributed by atoms with Crippen molar-refractivity contribution in [3.8, 4) is 11.6 Å². The van der Waals surface area contributed by atoms with Gasteiger partial charge in [-0.1, -0.05) is 23.2 Å². The molecule has 0 aliphatic rings. The molecule has 0 aliphatic carbocycles. The topological polar surface area (TPSA) is 51.5 Å².